The molecule has 0 saturated heterocycles. The number of nitrogens with zero attached hydrogens (tertiary/aromatic N) is 3. The first kappa shape index (κ1) is 16.4. The lowest BCUT2D eigenvalue weighted by Crippen LogP contribution is -2.10. The van der Waals surface area contributed by atoms with Gasteiger partial charge in [-0.05, 0) is 42.8 Å². The third-order valence-electron chi connectivity index (χ3n) is 4.52. The third-order valence-corrected chi connectivity index (χ3v) is 5.26. The molecular weight excluding hydrogens is 398 g/mol. The van der Waals surface area contributed by atoms with Crippen LogP contribution in [0, 0.1) is 0 Å². The number of benzene rings is 2. The van der Waals surface area contributed by atoms with Gasteiger partial charge in [0, 0.05) is 51.1 Å². The summed E-state index contributed by atoms with van der Waals surface area (Å²) < 4.78 is 5.51. The molecule has 126 valence electrons. The van der Waals surface area contributed by atoms with E-state index >= 15 is 0 Å². The molecule has 3 nitrogen and oxygen atoms in total. The Bertz CT molecular complexity index is 1000. The van der Waals surface area contributed by atoms with Crippen molar-refractivity contribution in [2.45, 2.75) is 19.5 Å². The minimum atomic E-state index is 0.0457. The number of halogens is 2. The molecule has 1 unspecified atom stereocenters. The normalized spacial score (nSPS) is 12.6. The van der Waals surface area contributed by atoms with E-state index in [1.165, 1.54) is 22.0 Å². The van der Waals surface area contributed by atoms with Crippen LogP contribution in [0.15, 0.2) is 71.9 Å². The smallest absolute Gasteiger partial charge is 0.0954 e. The number of rotatable bonds is 4. The number of aromatic nitrogens is 3. The fraction of sp³-hybridized carbons (Fsp3) is 0.150. The van der Waals surface area contributed by atoms with Gasteiger partial charge in [0.25, 0.3) is 0 Å². The van der Waals surface area contributed by atoms with Crippen LogP contribution in [0.4, 0.5) is 0 Å². The molecule has 25 heavy (non-hydrogen) atoms. The zero-order chi connectivity index (χ0) is 17.4. The lowest BCUT2D eigenvalue weighted by atomic mass is 9.98. The second kappa shape index (κ2) is 6.70. The standard InChI is InChI=1S/C20H17BrClN3/c1-2-24-12-18(17-11-15(21)5-8-19(17)24)20(25-10-9-23-13-25)14-3-6-16(22)7-4-14/h3-13,20H,2H2,1H3. The predicted molar refractivity (Wildman–Crippen MR) is 106 cm³/mol. The third kappa shape index (κ3) is 3.00. The van der Waals surface area contributed by atoms with Crippen LogP contribution >= 0.6 is 27.5 Å². The van der Waals surface area contributed by atoms with E-state index in [-0.39, 0.29) is 6.04 Å². The van der Waals surface area contributed by atoms with Crippen molar-refractivity contribution >= 4 is 38.4 Å². The lowest BCUT2D eigenvalue weighted by Gasteiger charge is -2.19. The molecule has 0 aliphatic heterocycles. The quantitative estimate of drug-likeness (QED) is 0.407. The van der Waals surface area contributed by atoms with E-state index in [1.807, 2.05) is 30.9 Å². The topological polar surface area (TPSA) is 22.8 Å². The summed E-state index contributed by atoms with van der Waals surface area (Å²) in [5, 5.41) is 1.98. The molecule has 1 atom stereocenters. The van der Waals surface area contributed by atoms with Crippen LogP contribution in [0.25, 0.3) is 10.9 Å². The molecule has 4 rings (SSSR count). The van der Waals surface area contributed by atoms with Crippen molar-refractivity contribution in [2.75, 3.05) is 0 Å². The Kier molecular flexibility index (Phi) is 4.40. The molecule has 0 radical (unpaired) electrons. The molecule has 5 heteroatoms. The van der Waals surface area contributed by atoms with Gasteiger partial charge in [-0.25, -0.2) is 4.98 Å². The predicted octanol–water partition coefficient (Wildman–Crippen LogP) is 5.91. The van der Waals surface area contributed by atoms with Crippen LogP contribution in [0.5, 0.6) is 0 Å². The maximum atomic E-state index is 6.10. The minimum Gasteiger partial charge on any atom is -0.347 e. The summed E-state index contributed by atoms with van der Waals surface area (Å²) in [7, 11) is 0. The molecule has 0 amide bonds. The van der Waals surface area contributed by atoms with Crippen LogP contribution in [-0.2, 0) is 6.54 Å². The molecule has 2 aromatic carbocycles. The average Bonchev–Trinajstić information content (AvgIpc) is 3.25. The Morgan fingerprint density at radius 3 is 2.64 bits per heavy atom. The zero-order valence-corrected chi connectivity index (χ0v) is 16.1. The number of fused-ring (bicyclic) bond motifs is 1. The summed E-state index contributed by atoms with van der Waals surface area (Å²) in [4.78, 5) is 4.26. The van der Waals surface area contributed by atoms with Gasteiger partial charge in [0.15, 0.2) is 0 Å². The Morgan fingerprint density at radius 1 is 1.16 bits per heavy atom. The number of imidazole rings is 1. The van der Waals surface area contributed by atoms with Crippen LogP contribution in [0.2, 0.25) is 5.02 Å². The summed E-state index contributed by atoms with van der Waals surface area (Å²) in [5.74, 6) is 0. The average molecular weight is 415 g/mol. The maximum Gasteiger partial charge on any atom is 0.0954 e. The lowest BCUT2D eigenvalue weighted by molar-refractivity contribution is 0.674. The van der Waals surface area contributed by atoms with E-state index in [2.05, 4.69) is 73.5 Å². The second-order valence-electron chi connectivity index (χ2n) is 6.00. The number of hydrogen-bond acceptors (Lipinski definition) is 1. The van der Waals surface area contributed by atoms with Crippen molar-refractivity contribution in [2.24, 2.45) is 0 Å². The fourth-order valence-corrected chi connectivity index (χ4v) is 3.84. The largest absolute Gasteiger partial charge is 0.347 e. The van der Waals surface area contributed by atoms with Crippen molar-refractivity contribution in [3.8, 4) is 0 Å². The summed E-state index contributed by atoms with van der Waals surface area (Å²) in [6.07, 6.45) is 7.94. The van der Waals surface area contributed by atoms with Crippen molar-refractivity contribution in [3.63, 3.8) is 0 Å². The first-order valence-corrected chi connectivity index (χ1v) is 9.35. The Balaban J connectivity index is 1.98. The highest BCUT2D eigenvalue weighted by atomic mass is 79.9. The summed E-state index contributed by atoms with van der Waals surface area (Å²) in [6, 6.07) is 14.5. The van der Waals surface area contributed by atoms with E-state index in [0.29, 0.717) is 0 Å². The summed E-state index contributed by atoms with van der Waals surface area (Å²) in [5.41, 5.74) is 3.66. The number of aryl methyl sites for hydroxylation is 1. The molecule has 0 N–H and O–H groups in total. The fourth-order valence-electron chi connectivity index (χ4n) is 3.36. The van der Waals surface area contributed by atoms with E-state index < -0.39 is 0 Å². The monoisotopic (exact) mass is 413 g/mol. The molecule has 0 fully saturated rings. The van der Waals surface area contributed by atoms with Crippen molar-refractivity contribution < 1.29 is 0 Å². The maximum absolute atomic E-state index is 6.10. The molecule has 0 bridgehead atoms. The first-order chi connectivity index (χ1) is 12.2. The minimum absolute atomic E-state index is 0.0457. The van der Waals surface area contributed by atoms with Gasteiger partial charge in [-0.3, -0.25) is 0 Å². The molecule has 0 saturated carbocycles. The second-order valence-corrected chi connectivity index (χ2v) is 7.35. The summed E-state index contributed by atoms with van der Waals surface area (Å²) in [6.45, 7) is 3.09. The van der Waals surface area contributed by atoms with Gasteiger partial charge < -0.3 is 9.13 Å². The van der Waals surface area contributed by atoms with Crippen LogP contribution in [0.3, 0.4) is 0 Å². The van der Waals surface area contributed by atoms with Gasteiger partial charge in [-0.15, -0.1) is 0 Å². The first-order valence-electron chi connectivity index (χ1n) is 8.18. The van der Waals surface area contributed by atoms with E-state index in [4.69, 9.17) is 11.6 Å². The van der Waals surface area contributed by atoms with Crippen molar-refractivity contribution in [1.82, 2.24) is 14.1 Å². The van der Waals surface area contributed by atoms with Gasteiger partial charge in [0.1, 0.15) is 0 Å². The van der Waals surface area contributed by atoms with Crippen LogP contribution < -0.4 is 0 Å². The highest BCUT2D eigenvalue weighted by Crippen LogP contribution is 2.35. The summed E-state index contributed by atoms with van der Waals surface area (Å²) >= 11 is 9.72. The van der Waals surface area contributed by atoms with Gasteiger partial charge in [0.2, 0.25) is 0 Å². The number of hydrogen-bond donors (Lipinski definition) is 0. The highest BCUT2D eigenvalue weighted by molar-refractivity contribution is 9.10. The molecule has 2 aromatic heterocycles. The molecule has 0 aliphatic carbocycles. The molecule has 4 aromatic rings. The van der Waals surface area contributed by atoms with E-state index in [0.717, 1.165) is 16.0 Å². The van der Waals surface area contributed by atoms with Gasteiger partial charge in [-0.2, -0.15) is 0 Å². The SMILES string of the molecule is CCn1cc(C(c2ccc(Cl)cc2)n2ccnc2)c2cc(Br)ccc21. The Labute approximate surface area is 160 Å². The van der Waals surface area contributed by atoms with E-state index in [1.54, 1.807) is 0 Å². The van der Waals surface area contributed by atoms with Crippen molar-refractivity contribution in [1.29, 1.82) is 0 Å². The van der Waals surface area contributed by atoms with Gasteiger partial charge in [-0.1, -0.05) is 39.7 Å². The van der Waals surface area contributed by atoms with Gasteiger partial charge in [0.05, 0.1) is 12.4 Å². The van der Waals surface area contributed by atoms with E-state index in [9.17, 15) is 0 Å². The molecule has 2 heterocycles. The van der Waals surface area contributed by atoms with Crippen molar-refractivity contribution in [3.05, 3.63) is 88.0 Å². The van der Waals surface area contributed by atoms with Crippen LogP contribution in [0.1, 0.15) is 24.1 Å². The van der Waals surface area contributed by atoms with Gasteiger partial charge >= 0.3 is 0 Å². The Morgan fingerprint density at radius 2 is 1.96 bits per heavy atom. The Hall–Kier alpha value is -2.04. The molecule has 0 aliphatic rings. The highest BCUT2D eigenvalue weighted by Gasteiger charge is 2.21. The van der Waals surface area contributed by atoms with Crippen LogP contribution in [-0.4, -0.2) is 14.1 Å². The zero-order valence-electron chi connectivity index (χ0n) is 13.7. The molecular formula is C20H17BrClN3. The molecule has 0 spiro atoms.